The largest absolute Gasteiger partial charge is 0.444 e. The molecule has 1 N–H and O–H groups in total. The van der Waals surface area contributed by atoms with E-state index in [4.69, 9.17) is 4.74 Å². The van der Waals surface area contributed by atoms with E-state index in [1.54, 1.807) is 16.8 Å². The first-order valence-electron chi connectivity index (χ1n) is 7.18. The summed E-state index contributed by atoms with van der Waals surface area (Å²) in [6, 6.07) is 0.164. The molecular formula is C14H27N3O3. The van der Waals surface area contributed by atoms with Gasteiger partial charge in [-0.05, 0) is 34.1 Å². The van der Waals surface area contributed by atoms with Crippen molar-refractivity contribution in [2.24, 2.45) is 0 Å². The molecule has 1 saturated heterocycles. The molecule has 0 aromatic rings. The number of nitrogens with one attached hydrogen (secondary N) is 1. The van der Waals surface area contributed by atoms with Crippen LogP contribution in [0.15, 0.2) is 0 Å². The molecule has 1 fully saturated rings. The first-order valence-corrected chi connectivity index (χ1v) is 7.18. The van der Waals surface area contributed by atoms with Gasteiger partial charge in [0, 0.05) is 32.7 Å². The Labute approximate surface area is 121 Å². The maximum absolute atomic E-state index is 11.9. The lowest BCUT2D eigenvalue weighted by atomic mass is 10.2. The molecule has 0 aromatic heterocycles. The van der Waals surface area contributed by atoms with Gasteiger partial charge in [-0.3, -0.25) is 4.79 Å². The van der Waals surface area contributed by atoms with Gasteiger partial charge in [0.25, 0.3) is 0 Å². The number of amides is 2. The van der Waals surface area contributed by atoms with Crippen LogP contribution in [0.1, 0.15) is 34.1 Å². The van der Waals surface area contributed by atoms with Crippen LogP contribution in [0.4, 0.5) is 4.79 Å². The number of likely N-dealkylation sites (tertiary alicyclic amines) is 1. The standard InChI is InChI=1S/C14H27N3O3/c1-6-16(5)12(18)9-15-11-7-8-17(10-11)13(19)20-14(2,3)4/h11,15H,6-10H2,1-5H3. The molecule has 1 heterocycles. The Bertz CT molecular complexity index is 352. The molecule has 0 aromatic carbocycles. The topological polar surface area (TPSA) is 61.9 Å². The summed E-state index contributed by atoms with van der Waals surface area (Å²) in [7, 11) is 1.78. The Balaban J connectivity index is 2.33. The highest BCUT2D eigenvalue weighted by atomic mass is 16.6. The molecule has 1 aliphatic heterocycles. The quantitative estimate of drug-likeness (QED) is 0.839. The number of carbonyl (C=O) groups is 2. The lowest BCUT2D eigenvalue weighted by molar-refractivity contribution is -0.128. The molecule has 116 valence electrons. The zero-order valence-electron chi connectivity index (χ0n) is 13.2. The average molecular weight is 285 g/mol. The summed E-state index contributed by atoms with van der Waals surface area (Å²) in [5, 5.41) is 3.20. The molecule has 1 aliphatic rings. The molecule has 0 aliphatic carbocycles. The van der Waals surface area contributed by atoms with Crippen molar-refractivity contribution in [2.45, 2.75) is 45.8 Å². The van der Waals surface area contributed by atoms with Crippen LogP contribution in [0, 0.1) is 0 Å². The van der Waals surface area contributed by atoms with E-state index in [9.17, 15) is 9.59 Å². The summed E-state index contributed by atoms with van der Waals surface area (Å²) >= 11 is 0. The van der Waals surface area contributed by atoms with Crippen molar-refractivity contribution in [3.63, 3.8) is 0 Å². The number of likely N-dealkylation sites (N-methyl/N-ethyl adjacent to an activating group) is 1. The van der Waals surface area contributed by atoms with Crippen LogP contribution in [-0.2, 0) is 9.53 Å². The molecule has 0 spiro atoms. The third-order valence-corrected chi connectivity index (χ3v) is 3.28. The van der Waals surface area contributed by atoms with E-state index >= 15 is 0 Å². The fourth-order valence-corrected chi connectivity index (χ4v) is 1.96. The van der Waals surface area contributed by atoms with Crippen LogP contribution in [0.25, 0.3) is 0 Å². The van der Waals surface area contributed by atoms with Gasteiger partial charge in [0.1, 0.15) is 5.60 Å². The maximum atomic E-state index is 11.9. The fourth-order valence-electron chi connectivity index (χ4n) is 1.96. The smallest absolute Gasteiger partial charge is 0.410 e. The minimum absolute atomic E-state index is 0.0724. The minimum Gasteiger partial charge on any atom is -0.444 e. The Morgan fingerprint density at radius 2 is 2.05 bits per heavy atom. The summed E-state index contributed by atoms with van der Waals surface area (Å²) in [6.07, 6.45) is 0.571. The van der Waals surface area contributed by atoms with Crippen molar-refractivity contribution in [1.82, 2.24) is 15.1 Å². The van der Waals surface area contributed by atoms with Crippen LogP contribution in [0.5, 0.6) is 0 Å². The molecule has 0 bridgehead atoms. The van der Waals surface area contributed by atoms with E-state index in [0.717, 1.165) is 6.42 Å². The number of hydrogen-bond acceptors (Lipinski definition) is 4. The van der Waals surface area contributed by atoms with Crippen LogP contribution in [-0.4, -0.2) is 66.7 Å². The lowest BCUT2D eigenvalue weighted by Gasteiger charge is -2.24. The van der Waals surface area contributed by atoms with Crippen molar-refractivity contribution in [3.05, 3.63) is 0 Å². The van der Waals surface area contributed by atoms with Gasteiger partial charge in [-0.1, -0.05) is 0 Å². The molecule has 20 heavy (non-hydrogen) atoms. The highest BCUT2D eigenvalue weighted by Crippen LogP contribution is 2.15. The number of ether oxygens (including phenoxy) is 1. The Morgan fingerprint density at radius 1 is 1.40 bits per heavy atom. The summed E-state index contributed by atoms with van der Waals surface area (Å²) < 4.78 is 5.34. The number of rotatable bonds is 4. The normalized spacial score (nSPS) is 19.1. The molecule has 6 heteroatoms. The van der Waals surface area contributed by atoms with Crippen molar-refractivity contribution in [1.29, 1.82) is 0 Å². The molecule has 1 unspecified atom stereocenters. The molecule has 0 saturated carbocycles. The summed E-state index contributed by atoms with van der Waals surface area (Å²) in [5.41, 5.74) is -0.470. The predicted octanol–water partition coefficient (Wildman–Crippen LogP) is 1.06. The zero-order valence-corrected chi connectivity index (χ0v) is 13.2. The Hall–Kier alpha value is -1.30. The van der Waals surface area contributed by atoms with Gasteiger partial charge in [0.05, 0.1) is 6.54 Å². The van der Waals surface area contributed by atoms with Crippen molar-refractivity contribution < 1.29 is 14.3 Å². The number of hydrogen-bond donors (Lipinski definition) is 1. The van der Waals surface area contributed by atoms with E-state index in [-0.39, 0.29) is 18.0 Å². The SMILES string of the molecule is CCN(C)C(=O)CNC1CCN(C(=O)OC(C)(C)C)C1. The molecule has 0 radical (unpaired) electrons. The Morgan fingerprint density at radius 3 is 2.60 bits per heavy atom. The summed E-state index contributed by atoms with van der Waals surface area (Å²) in [6.45, 7) is 9.80. The second-order valence-corrected chi connectivity index (χ2v) is 6.20. The predicted molar refractivity (Wildman–Crippen MR) is 77.5 cm³/mol. The van der Waals surface area contributed by atoms with Gasteiger partial charge in [0.2, 0.25) is 5.91 Å². The van der Waals surface area contributed by atoms with Gasteiger partial charge in [-0.2, -0.15) is 0 Å². The van der Waals surface area contributed by atoms with E-state index in [2.05, 4.69) is 5.32 Å². The van der Waals surface area contributed by atoms with E-state index in [0.29, 0.717) is 26.2 Å². The van der Waals surface area contributed by atoms with Crippen molar-refractivity contribution >= 4 is 12.0 Å². The first kappa shape index (κ1) is 16.8. The highest BCUT2D eigenvalue weighted by molar-refractivity contribution is 5.78. The highest BCUT2D eigenvalue weighted by Gasteiger charge is 2.29. The van der Waals surface area contributed by atoms with Gasteiger partial charge in [0.15, 0.2) is 0 Å². The minimum atomic E-state index is -0.470. The second kappa shape index (κ2) is 6.92. The van der Waals surface area contributed by atoms with Crippen LogP contribution in [0.3, 0.4) is 0 Å². The molecular weight excluding hydrogens is 258 g/mol. The monoisotopic (exact) mass is 285 g/mol. The van der Waals surface area contributed by atoms with E-state index in [1.807, 2.05) is 27.7 Å². The van der Waals surface area contributed by atoms with E-state index in [1.165, 1.54) is 0 Å². The lowest BCUT2D eigenvalue weighted by Crippen LogP contribution is -2.42. The van der Waals surface area contributed by atoms with Crippen LogP contribution < -0.4 is 5.32 Å². The van der Waals surface area contributed by atoms with Crippen molar-refractivity contribution in [2.75, 3.05) is 33.2 Å². The molecule has 6 nitrogen and oxygen atoms in total. The summed E-state index contributed by atoms with van der Waals surface area (Å²) in [5.74, 6) is 0.0724. The second-order valence-electron chi connectivity index (χ2n) is 6.20. The first-order chi connectivity index (χ1) is 9.23. The average Bonchev–Trinajstić information content (AvgIpc) is 2.81. The molecule has 1 atom stereocenters. The third-order valence-electron chi connectivity index (χ3n) is 3.28. The zero-order chi connectivity index (χ0) is 15.3. The fraction of sp³-hybridized carbons (Fsp3) is 0.857. The van der Waals surface area contributed by atoms with Crippen molar-refractivity contribution in [3.8, 4) is 0 Å². The third kappa shape index (κ3) is 5.36. The number of nitrogens with zero attached hydrogens (tertiary/aromatic N) is 2. The van der Waals surface area contributed by atoms with Gasteiger partial charge >= 0.3 is 6.09 Å². The Kier molecular flexibility index (Phi) is 5.80. The van der Waals surface area contributed by atoms with Crippen LogP contribution in [0.2, 0.25) is 0 Å². The summed E-state index contributed by atoms with van der Waals surface area (Å²) in [4.78, 5) is 27.0. The molecule has 1 rings (SSSR count). The molecule has 2 amide bonds. The van der Waals surface area contributed by atoms with Gasteiger partial charge in [-0.25, -0.2) is 4.79 Å². The van der Waals surface area contributed by atoms with Crippen LogP contribution >= 0.6 is 0 Å². The number of carbonyl (C=O) groups excluding carboxylic acids is 2. The van der Waals surface area contributed by atoms with E-state index < -0.39 is 5.60 Å². The maximum Gasteiger partial charge on any atom is 0.410 e. The van der Waals surface area contributed by atoms with Gasteiger partial charge in [-0.15, -0.1) is 0 Å². The van der Waals surface area contributed by atoms with Gasteiger partial charge < -0.3 is 19.9 Å².